The van der Waals surface area contributed by atoms with Gasteiger partial charge in [0.25, 0.3) is 0 Å². The van der Waals surface area contributed by atoms with Gasteiger partial charge in [0, 0.05) is 6.42 Å². The number of rotatable bonds is 3. The lowest BCUT2D eigenvalue weighted by molar-refractivity contribution is -0.145. The van der Waals surface area contributed by atoms with Crippen molar-refractivity contribution in [1.29, 1.82) is 0 Å². The minimum Gasteiger partial charge on any atom is -0.497 e. The first kappa shape index (κ1) is 17.1. The second kappa shape index (κ2) is 6.10. The summed E-state index contributed by atoms with van der Waals surface area (Å²) >= 11 is 0. The van der Waals surface area contributed by atoms with E-state index in [9.17, 15) is 14.7 Å². The van der Waals surface area contributed by atoms with Crippen molar-refractivity contribution in [2.24, 2.45) is 0 Å². The Morgan fingerprint density at radius 2 is 1.96 bits per heavy atom. The number of benzene rings is 1. The summed E-state index contributed by atoms with van der Waals surface area (Å²) in [6.07, 6.45) is 0.369. The molecule has 1 atom stereocenters. The van der Waals surface area contributed by atoms with Gasteiger partial charge in [-0.3, -0.25) is 0 Å². The standard InChI is InChI=1S/C17H23NO5/c1-16(2,3)23-15(21)18-17(14(19)20)8-7-11-9-13(22-4)6-5-12(11)10-17/h5-6,9H,7-8,10H2,1-4H3,(H,18,21)(H,19,20). The number of carbonyl (C=O) groups is 2. The molecule has 1 unspecified atom stereocenters. The third-order valence-electron chi connectivity index (χ3n) is 3.88. The maximum atomic E-state index is 12.0. The van der Waals surface area contributed by atoms with Gasteiger partial charge in [-0.1, -0.05) is 6.07 Å². The fourth-order valence-corrected chi connectivity index (χ4v) is 2.74. The Morgan fingerprint density at radius 1 is 1.26 bits per heavy atom. The highest BCUT2D eigenvalue weighted by molar-refractivity contribution is 5.85. The molecule has 2 rings (SSSR count). The largest absolute Gasteiger partial charge is 0.497 e. The van der Waals surface area contributed by atoms with Crippen LogP contribution < -0.4 is 10.1 Å². The van der Waals surface area contributed by atoms with Crippen LogP contribution in [0.3, 0.4) is 0 Å². The fourth-order valence-electron chi connectivity index (χ4n) is 2.74. The Labute approximate surface area is 135 Å². The molecule has 6 heteroatoms. The van der Waals surface area contributed by atoms with E-state index in [4.69, 9.17) is 9.47 Å². The van der Waals surface area contributed by atoms with Crippen LogP contribution in [0.4, 0.5) is 4.79 Å². The Balaban J connectivity index is 2.22. The van der Waals surface area contributed by atoms with Crippen LogP contribution in [-0.4, -0.2) is 35.4 Å². The van der Waals surface area contributed by atoms with Gasteiger partial charge in [0.2, 0.25) is 0 Å². The molecule has 0 bridgehead atoms. The van der Waals surface area contributed by atoms with Crippen molar-refractivity contribution in [1.82, 2.24) is 5.32 Å². The first-order valence-electron chi connectivity index (χ1n) is 7.55. The van der Waals surface area contributed by atoms with Gasteiger partial charge in [0.1, 0.15) is 16.9 Å². The number of aliphatic carboxylic acids is 1. The normalized spacial score (nSPS) is 20.3. The van der Waals surface area contributed by atoms with E-state index >= 15 is 0 Å². The predicted molar refractivity (Wildman–Crippen MR) is 84.8 cm³/mol. The summed E-state index contributed by atoms with van der Waals surface area (Å²) in [6, 6.07) is 5.56. The van der Waals surface area contributed by atoms with Crippen molar-refractivity contribution in [3.63, 3.8) is 0 Å². The number of hydrogen-bond acceptors (Lipinski definition) is 4. The lowest BCUT2D eigenvalue weighted by atomic mass is 9.78. The van der Waals surface area contributed by atoms with Gasteiger partial charge in [-0.05, 0) is 56.9 Å². The summed E-state index contributed by atoms with van der Waals surface area (Å²) in [5.74, 6) is -0.309. The molecule has 0 spiro atoms. The Morgan fingerprint density at radius 3 is 2.52 bits per heavy atom. The van der Waals surface area contributed by atoms with Crippen molar-refractivity contribution < 1.29 is 24.2 Å². The summed E-state index contributed by atoms with van der Waals surface area (Å²) in [7, 11) is 1.59. The number of fused-ring (bicyclic) bond motifs is 1. The number of carboxylic acids is 1. The summed E-state index contributed by atoms with van der Waals surface area (Å²) in [5, 5.41) is 12.2. The molecule has 0 saturated heterocycles. The topological polar surface area (TPSA) is 84.9 Å². The minimum atomic E-state index is -1.34. The van der Waals surface area contributed by atoms with Gasteiger partial charge < -0.3 is 19.9 Å². The fraction of sp³-hybridized carbons (Fsp3) is 0.529. The molecule has 2 N–H and O–H groups in total. The second-order valence-corrected chi connectivity index (χ2v) is 6.83. The number of nitrogens with one attached hydrogen (secondary N) is 1. The smallest absolute Gasteiger partial charge is 0.408 e. The van der Waals surface area contributed by atoms with Crippen molar-refractivity contribution in [2.45, 2.75) is 51.2 Å². The Bertz CT molecular complexity index is 620. The number of alkyl carbamates (subject to hydrolysis) is 1. The second-order valence-electron chi connectivity index (χ2n) is 6.83. The van der Waals surface area contributed by atoms with E-state index in [-0.39, 0.29) is 6.42 Å². The summed E-state index contributed by atoms with van der Waals surface area (Å²) in [5.41, 5.74) is -0.0732. The van der Waals surface area contributed by atoms with E-state index in [2.05, 4.69) is 5.32 Å². The number of aryl methyl sites for hydroxylation is 1. The van der Waals surface area contributed by atoms with Crippen LogP contribution in [-0.2, 0) is 22.4 Å². The quantitative estimate of drug-likeness (QED) is 0.893. The first-order chi connectivity index (χ1) is 10.6. The molecule has 1 aliphatic rings. The molecular formula is C17H23NO5. The number of carbonyl (C=O) groups excluding carboxylic acids is 1. The van der Waals surface area contributed by atoms with Gasteiger partial charge in [0.05, 0.1) is 7.11 Å². The number of methoxy groups -OCH3 is 1. The monoisotopic (exact) mass is 321 g/mol. The van der Waals surface area contributed by atoms with Crippen LogP contribution in [0.2, 0.25) is 0 Å². The lowest BCUT2D eigenvalue weighted by Crippen LogP contribution is -2.58. The molecule has 0 saturated carbocycles. The molecule has 1 aromatic carbocycles. The highest BCUT2D eigenvalue weighted by Gasteiger charge is 2.43. The molecule has 0 heterocycles. The average Bonchev–Trinajstić information content (AvgIpc) is 2.44. The van der Waals surface area contributed by atoms with Crippen molar-refractivity contribution >= 4 is 12.1 Å². The van der Waals surface area contributed by atoms with Gasteiger partial charge in [-0.2, -0.15) is 0 Å². The summed E-state index contributed by atoms with van der Waals surface area (Å²) in [6.45, 7) is 5.22. The van der Waals surface area contributed by atoms with Crippen molar-refractivity contribution in [3.8, 4) is 5.75 Å². The van der Waals surface area contributed by atoms with Gasteiger partial charge in [-0.25, -0.2) is 9.59 Å². The molecule has 1 aliphatic carbocycles. The number of ether oxygens (including phenoxy) is 2. The zero-order valence-electron chi connectivity index (χ0n) is 13.9. The third kappa shape index (κ3) is 3.94. The SMILES string of the molecule is COc1ccc2c(c1)CCC(NC(=O)OC(C)(C)C)(C(=O)O)C2. The number of amides is 1. The van der Waals surface area contributed by atoms with Crippen LogP contribution in [0.25, 0.3) is 0 Å². The van der Waals surface area contributed by atoms with E-state index in [1.54, 1.807) is 33.9 Å². The Kier molecular flexibility index (Phi) is 4.54. The highest BCUT2D eigenvalue weighted by Crippen LogP contribution is 2.31. The van der Waals surface area contributed by atoms with E-state index in [0.717, 1.165) is 16.9 Å². The number of carboxylic acid groups (broad SMARTS) is 1. The molecule has 1 aromatic rings. The van der Waals surface area contributed by atoms with Crippen molar-refractivity contribution in [3.05, 3.63) is 29.3 Å². The lowest BCUT2D eigenvalue weighted by Gasteiger charge is -2.35. The van der Waals surface area contributed by atoms with Crippen molar-refractivity contribution in [2.75, 3.05) is 7.11 Å². The maximum absolute atomic E-state index is 12.0. The molecule has 1 amide bonds. The molecule has 0 radical (unpaired) electrons. The van der Waals surface area contributed by atoms with Crippen LogP contribution >= 0.6 is 0 Å². The van der Waals surface area contributed by atoms with E-state index < -0.39 is 23.2 Å². The number of hydrogen-bond donors (Lipinski definition) is 2. The first-order valence-corrected chi connectivity index (χ1v) is 7.55. The third-order valence-corrected chi connectivity index (χ3v) is 3.88. The molecule has 126 valence electrons. The van der Waals surface area contributed by atoms with Crippen LogP contribution in [0, 0.1) is 0 Å². The van der Waals surface area contributed by atoms with Gasteiger partial charge in [-0.15, -0.1) is 0 Å². The minimum absolute atomic E-state index is 0.223. The average molecular weight is 321 g/mol. The van der Waals surface area contributed by atoms with Crippen LogP contribution in [0.15, 0.2) is 18.2 Å². The van der Waals surface area contributed by atoms with Crippen LogP contribution in [0.1, 0.15) is 38.3 Å². The van der Waals surface area contributed by atoms with Gasteiger partial charge in [0.15, 0.2) is 0 Å². The molecular weight excluding hydrogens is 298 g/mol. The molecule has 23 heavy (non-hydrogen) atoms. The molecule has 0 aromatic heterocycles. The van der Waals surface area contributed by atoms with Gasteiger partial charge >= 0.3 is 12.1 Å². The van der Waals surface area contributed by atoms with E-state index in [0.29, 0.717) is 12.8 Å². The Hall–Kier alpha value is -2.24. The zero-order chi connectivity index (χ0) is 17.3. The molecule has 6 nitrogen and oxygen atoms in total. The summed E-state index contributed by atoms with van der Waals surface area (Å²) < 4.78 is 10.4. The zero-order valence-corrected chi connectivity index (χ0v) is 13.9. The molecule has 0 fully saturated rings. The van der Waals surface area contributed by atoms with E-state index in [1.165, 1.54) is 0 Å². The van der Waals surface area contributed by atoms with E-state index in [1.807, 2.05) is 12.1 Å². The maximum Gasteiger partial charge on any atom is 0.408 e. The van der Waals surface area contributed by atoms with Crippen LogP contribution in [0.5, 0.6) is 5.75 Å². The molecule has 0 aliphatic heterocycles. The summed E-state index contributed by atoms with van der Waals surface area (Å²) in [4.78, 5) is 23.8. The predicted octanol–water partition coefficient (Wildman–Crippen LogP) is 2.53. The highest BCUT2D eigenvalue weighted by atomic mass is 16.6.